The van der Waals surface area contributed by atoms with E-state index in [0.29, 0.717) is 6.42 Å². The molecule has 0 aliphatic rings. The average Bonchev–Trinajstić information content (AvgIpc) is 2.86. The van der Waals surface area contributed by atoms with Gasteiger partial charge >= 0.3 is 0 Å². The number of rotatable bonds is 5. The fourth-order valence-electron chi connectivity index (χ4n) is 1.60. The number of hydrogen-bond acceptors (Lipinski definition) is 5. The summed E-state index contributed by atoms with van der Waals surface area (Å²) in [5.74, 6) is 0.846. The van der Waals surface area contributed by atoms with Gasteiger partial charge in [0.05, 0.1) is 11.8 Å². The summed E-state index contributed by atoms with van der Waals surface area (Å²) in [5.41, 5.74) is 3.43. The highest BCUT2D eigenvalue weighted by Gasteiger charge is 2.09. The van der Waals surface area contributed by atoms with Crippen molar-refractivity contribution < 1.29 is 0 Å². The van der Waals surface area contributed by atoms with Crippen LogP contribution in [0.25, 0.3) is 5.69 Å². The van der Waals surface area contributed by atoms with Crippen molar-refractivity contribution in [1.82, 2.24) is 20.2 Å². The molecule has 0 unspecified atom stereocenters. The number of nitrogens with zero attached hydrogens (tertiary/aromatic N) is 5. The molecule has 6 heteroatoms. The molecule has 0 N–H and O–H groups in total. The minimum atomic E-state index is 0.568. The molecule has 1 aromatic carbocycles. The lowest BCUT2D eigenvalue weighted by Gasteiger charge is -2.06. The second-order valence-corrected chi connectivity index (χ2v) is 5.31. The third kappa shape index (κ3) is 3.32. The second-order valence-electron chi connectivity index (χ2n) is 4.25. The molecule has 1 aromatic heterocycles. The molecule has 0 fully saturated rings. The van der Waals surface area contributed by atoms with E-state index in [1.807, 2.05) is 6.07 Å². The first-order valence-electron chi connectivity index (χ1n) is 6.08. The van der Waals surface area contributed by atoms with E-state index in [0.717, 1.165) is 23.0 Å². The van der Waals surface area contributed by atoms with Crippen molar-refractivity contribution in [2.75, 3.05) is 5.75 Å². The SMILES string of the molecule is Cc1ccc(-n2nnnc2SCCCC#N)cc1C. The molecule has 0 atom stereocenters. The Hall–Kier alpha value is -1.87. The lowest BCUT2D eigenvalue weighted by molar-refractivity contribution is 0.755. The first-order valence-corrected chi connectivity index (χ1v) is 7.06. The predicted molar refractivity (Wildman–Crippen MR) is 74.2 cm³/mol. The van der Waals surface area contributed by atoms with Crippen LogP contribution in [0.15, 0.2) is 23.4 Å². The second kappa shape index (κ2) is 6.34. The maximum absolute atomic E-state index is 8.51. The molecule has 2 aromatic rings. The van der Waals surface area contributed by atoms with Gasteiger partial charge in [0.1, 0.15) is 0 Å². The van der Waals surface area contributed by atoms with Crippen molar-refractivity contribution >= 4 is 11.8 Å². The molecular formula is C13H15N5S. The first-order chi connectivity index (χ1) is 9.22. The third-order valence-corrected chi connectivity index (χ3v) is 3.85. The molecule has 5 nitrogen and oxygen atoms in total. The van der Waals surface area contributed by atoms with Crippen LogP contribution in [0.2, 0.25) is 0 Å². The van der Waals surface area contributed by atoms with Crippen molar-refractivity contribution in [3.63, 3.8) is 0 Å². The van der Waals surface area contributed by atoms with Gasteiger partial charge < -0.3 is 0 Å². The van der Waals surface area contributed by atoms with Crippen LogP contribution in [0.5, 0.6) is 0 Å². The Labute approximate surface area is 116 Å². The molecule has 0 saturated heterocycles. The molecule has 98 valence electrons. The lowest BCUT2D eigenvalue weighted by atomic mass is 10.1. The molecule has 0 bridgehead atoms. The summed E-state index contributed by atoms with van der Waals surface area (Å²) < 4.78 is 1.74. The van der Waals surface area contributed by atoms with Crippen LogP contribution < -0.4 is 0 Å². The first kappa shape index (κ1) is 13.6. The van der Waals surface area contributed by atoms with Crippen LogP contribution in [0.4, 0.5) is 0 Å². The topological polar surface area (TPSA) is 67.4 Å². The molecule has 0 spiro atoms. The summed E-state index contributed by atoms with van der Waals surface area (Å²) >= 11 is 1.57. The number of thioether (sulfide) groups is 1. The minimum Gasteiger partial charge on any atom is -0.198 e. The molecule has 2 rings (SSSR count). The predicted octanol–water partition coefficient (Wildman–Crippen LogP) is 2.68. The van der Waals surface area contributed by atoms with E-state index >= 15 is 0 Å². The van der Waals surface area contributed by atoms with Gasteiger partial charge in [0.15, 0.2) is 0 Å². The summed E-state index contributed by atoms with van der Waals surface area (Å²) in [6, 6.07) is 8.29. The fraction of sp³-hybridized carbons (Fsp3) is 0.385. The highest BCUT2D eigenvalue weighted by molar-refractivity contribution is 7.99. The van der Waals surface area contributed by atoms with Crippen LogP contribution in [0, 0.1) is 25.2 Å². The van der Waals surface area contributed by atoms with E-state index in [1.54, 1.807) is 16.4 Å². The normalized spacial score (nSPS) is 10.4. The number of nitriles is 1. The molecule has 0 aliphatic carbocycles. The van der Waals surface area contributed by atoms with Crippen LogP contribution in [0.3, 0.4) is 0 Å². The van der Waals surface area contributed by atoms with E-state index in [1.165, 1.54) is 11.1 Å². The molecule has 0 saturated carbocycles. The Morgan fingerprint density at radius 2 is 2.16 bits per heavy atom. The van der Waals surface area contributed by atoms with Gasteiger partial charge in [-0.25, -0.2) is 0 Å². The van der Waals surface area contributed by atoms with Crippen molar-refractivity contribution in [2.45, 2.75) is 31.8 Å². The van der Waals surface area contributed by atoms with Gasteiger partial charge in [0.25, 0.3) is 0 Å². The van der Waals surface area contributed by atoms with E-state index in [9.17, 15) is 0 Å². The number of tetrazole rings is 1. The lowest BCUT2D eigenvalue weighted by Crippen LogP contribution is -2.00. The number of hydrogen-bond donors (Lipinski definition) is 0. The Kier molecular flexibility index (Phi) is 4.53. The Morgan fingerprint density at radius 1 is 1.32 bits per heavy atom. The van der Waals surface area contributed by atoms with Crippen LogP contribution in [-0.2, 0) is 0 Å². The van der Waals surface area contributed by atoms with E-state index < -0.39 is 0 Å². The summed E-state index contributed by atoms with van der Waals surface area (Å²) in [6.45, 7) is 4.15. The fourth-order valence-corrected chi connectivity index (χ4v) is 2.43. The average molecular weight is 273 g/mol. The van der Waals surface area contributed by atoms with Crippen molar-refractivity contribution in [3.8, 4) is 11.8 Å². The van der Waals surface area contributed by atoms with Crippen molar-refractivity contribution in [1.29, 1.82) is 5.26 Å². The summed E-state index contributed by atoms with van der Waals surface area (Å²) in [7, 11) is 0. The standard InChI is InChI=1S/C13H15N5S/c1-10-5-6-12(9-11(10)2)18-13(15-16-17-18)19-8-4-3-7-14/h5-6,9H,3-4,8H2,1-2H3. The van der Waals surface area contributed by atoms with Gasteiger partial charge in [0, 0.05) is 12.2 Å². The molecule has 1 heterocycles. The Morgan fingerprint density at radius 3 is 2.89 bits per heavy atom. The number of benzene rings is 1. The maximum atomic E-state index is 8.51. The Bertz CT molecular complexity index is 599. The number of unbranched alkanes of at least 4 members (excludes halogenated alkanes) is 1. The molecular weight excluding hydrogens is 258 g/mol. The van der Waals surface area contributed by atoms with Gasteiger partial charge in [-0.15, -0.1) is 5.10 Å². The van der Waals surface area contributed by atoms with Crippen LogP contribution in [-0.4, -0.2) is 26.0 Å². The highest BCUT2D eigenvalue weighted by atomic mass is 32.2. The highest BCUT2D eigenvalue weighted by Crippen LogP contribution is 2.20. The summed E-state index contributed by atoms with van der Waals surface area (Å²) in [6.07, 6.45) is 1.42. The van der Waals surface area contributed by atoms with Crippen molar-refractivity contribution in [2.24, 2.45) is 0 Å². The maximum Gasteiger partial charge on any atom is 0.214 e. The van der Waals surface area contributed by atoms with Gasteiger partial charge in [0.2, 0.25) is 5.16 Å². The minimum absolute atomic E-state index is 0.568. The quantitative estimate of drug-likeness (QED) is 0.619. The van der Waals surface area contributed by atoms with Gasteiger partial charge in [-0.05, 0) is 54.0 Å². The molecule has 0 radical (unpaired) electrons. The number of aromatic nitrogens is 4. The van der Waals surface area contributed by atoms with Gasteiger partial charge in [-0.1, -0.05) is 17.8 Å². The van der Waals surface area contributed by atoms with E-state index in [2.05, 4.69) is 47.6 Å². The van der Waals surface area contributed by atoms with E-state index in [4.69, 9.17) is 5.26 Å². The largest absolute Gasteiger partial charge is 0.214 e. The Balaban J connectivity index is 2.14. The van der Waals surface area contributed by atoms with Crippen LogP contribution in [0.1, 0.15) is 24.0 Å². The van der Waals surface area contributed by atoms with Crippen LogP contribution >= 0.6 is 11.8 Å². The molecule has 0 amide bonds. The smallest absolute Gasteiger partial charge is 0.198 e. The summed E-state index contributed by atoms with van der Waals surface area (Å²) in [4.78, 5) is 0. The molecule has 19 heavy (non-hydrogen) atoms. The van der Waals surface area contributed by atoms with E-state index in [-0.39, 0.29) is 0 Å². The van der Waals surface area contributed by atoms with Gasteiger partial charge in [-0.3, -0.25) is 0 Å². The number of aryl methyl sites for hydroxylation is 2. The zero-order valence-electron chi connectivity index (χ0n) is 11.0. The van der Waals surface area contributed by atoms with Crippen molar-refractivity contribution in [3.05, 3.63) is 29.3 Å². The monoisotopic (exact) mass is 273 g/mol. The third-order valence-electron chi connectivity index (χ3n) is 2.84. The zero-order valence-corrected chi connectivity index (χ0v) is 11.8. The summed E-state index contributed by atoms with van der Waals surface area (Å²) in [5, 5.41) is 21.0. The zero-order chi connectivity index (χ0) is 13.7. The van der Waals surface area contributed by atoms with Gasteiger partial charge in [-0.2, -0.15) is 9.94 Å². The molecule has 0 aliphatic heterocycles.